The van der Waals surface area contributed by atoms with Crippen LogP contribution in [0.1, 0.15) is 10.4 Å². The number of hydrogen-bond donors (Lipinski definition) is 1. The predicted octanol–water partition coefficient (Wildman–Crippen LogP) is 2.00. The molecule has 0 aromatic heterocycles. The Morgan fingerprint density at radius 1 is 1.36 bits per heavy atom. The summed E-state index contributed by atoms with van der Waals surface area (Å²) in [6.45, 7) is 0. The standard InChI is InChI=1S/C7H4Cl2N2O3/c8-4-2-6(11(13)14)5(9)1-3(4)7(10)12/h1-2H,(H2,10,12). The van der Waals surface area contributed by atoms with Crippen molar-refractivity contribution < 1.29 is 9.72 Å². The topological polar surface area (TPSA) is 86.2 Å². The highest BCUT2D eigenvalue weighted by Crippen LogP contribution is 2.30. The van der Waals surface area contributed by atoms with E-state index in [0.29, 0.717) is 0 Å². The van der Waals surface area contributed by atoms with Crippen LogP contribution in [0.3, 0.4) is 0 Å². The number of nitro groups is 1. The van der Waals surface area contributed by atoms with Crippen LogP contribution in [0.5, 0.6) is 0 Å². The van der Waals surface area contributed by atoms with E-state index in [-0.39, 0.29) is 21.3 Å². The molecule has 0 bridgehead atoms. The lowest BCUT2D eigenvalue weighted by Gasteiger charge is -2.00. The lowest BCUT2D eigenvalue weighted by molar-refractivity contribution is -0.384. The molecule has 1 aromatic rings. The van der Waals surface area contributed by atoms with E-state index in [2.05, 4.69) is 0 Å². The van der Waals surface area contributed by atoms with E-state index < -0.39 is 10.8 Å². The van der Waals surface area contributed by atoms with Crippen LogP contribution in [0.15, 0.2) is 12.1 Å². The number of carbonyl (C=O) groups excluding carboxylic acids is 1. The third-order valence-corrected chi connectivity index (χ3v) is 2.11. The molecule has 0 fully saturated rings. The van der Waals surface area contributed by atoms with Gasteiger partial charge in [-0.15, -0.1) is 0 Å². The maximum Gasteiger partial charge on any atom is 0.289 e. The van der Waals surface area contributed by atoms with Crippen LogP contribution in [-0.4, -0.2) is 10.8 Å². The van der Waals surface area contributed by atoms with Crippen molar-refractivity contribution in [3.05, 3.63) is 37.9 Å². The predicted molar refractivity (Wildman–Crippen MR) is 51.6 cm³/mol. The van der Waals surface area contributed by atoms with E-state index in [0.717, 1.165) is 12.1 Å². The minimum Gasteiger partial charge on any atom is -0.366 e. The molecule has 0 atom stereocenters. The van der Waals surface area contributed by atoms with Gasteiger partial charge in [0.1, 0.15) is 5.02 Å². The monoisotopic (exact) mass is 234 g/mol. The first-order valence-corrected chi connectivity index (χ1v) is 4.12. The maximum atomic E-state index is 10.8. The number of amides is 1. The quantitative estimate of drug-likeness (QED) is 0.628. The van der Waals surface area contributed by atoms with Crippen molar-refractivity contribution in [3.8, 4) is 0 Å². The van der Waals surface area contributed by atoms with Crippen molar-refractivity contribution in [3.63, 3.8) is 0 Å². The van der Waals surface area contributed by atoms with Crippen LogP contribution in [0.4, 0.5) is 5.69 Å². The Balaban J connectivity index is 3.38. The number of nitro benzene ring substituents is 1. The normalized spacial score (nSPS) is 9.86. The number of carbonyl (C=O) groups is 1. The van der Waals surface area contributed by atoms with Crippen LogP contribution >= 0.6 is 23.2 Å². The molecule has 0 saturated heterocycles. The van der Waals surface area contributed by atoms with Gasteiger partial charge in [-0.3, -0.25) is 14.9 Å². The second kappa shape index (κ2) is 3.81. The van der Waals surface area contributed by atoms with Gasteiger partial charge in [0.2, 0.25) is 5.91 Å². The molecule has 0 heterocycles. The van der Waals surface area contributed by atoms with Gasteiger partial charge < -0.3 is 5.73 Å². The van der Waals surface area contributed by atoms with Crippen molar-refractivity contribution in [2.45, 2.75) is 0 Å². The van der Waals surface area contributed by atoms with E-state index in [1.54, 1.807) is 0 Å². The summed E-state index contributed by atoms with van der Waals surface area (Å²) in [6, 6.07) is 2.06. The largest absolute Gasteiger partial charge is 0.366 e. The molecule has 14 heavy (non-hydrogen) atoms. The number of halogens is 2. The Morgan fingerprint density at radius 3 is 2.36 bits per heavy atom. The van der Waals surface area contributed by atoms with Gasteiger partial charge in [-0.25, -0.2) is 0 Å². The van der Waals surface area contributed by atoms with Gasteiger partial charge in [0.05, 0.1) is 15.5 Å². The highest BCUT2D eigenvalue weighted by molar-refractivity contribution is 6.37. The highest BCUT2D eigenvalue weighted by Gasteiger charge is 2.17. The van der Waals surface area contributed by atoms with Crippen LogP contribution in [0, 0.1) is 10.1 Å². The molecule has 0 spiro atoms. The molecule has 0 aliphatic heterocycles. The number of nitrogens with two attached hydrogens (primary N) is 1. The summed E-state index contributed by atoms with van der Waals surface area (Å²) < 4.78 is 0. The summed E-state index contributed by atoms with van der Waals surface area (Å²) in [4.78, 5) is 20.5. The van der Waals surface area contributed by atoms with Crippen molar-refractivity contribution in [2.24, 2.45) is 5.73 Å². The first-order chi connectivity index (χ1) is 6.43. The molecule has 0 saturated carbocycles. The molecule has 1 aromatic carbocycles. The van der Waals surface area contributed by atoms with Gasteiger partial charge in [-0.05, 0) is 6.07 Å². The molecule has 0 aliphatic carbocycles. The fraction of sp³-hybridized carbons (Fsp3) is 0. The Bertz CT molecular complexity index is 380. The highest BCUT2D eigenvalue weighted by atomic mass is 35.5. The van der Waals surface area contributed by atoms with E-state index >= 15 is 0 Å². The Labute approximate surface area is 88.6 Å². The van der Waals surface area contributed by atoms with E-state index in [1.165, 1.54) is 0 Å². The smallest absolute Gasteiger partial charge is 0.289 e. The number of hydrogen-bond acceptors (Lipinski definition) is 3. The first kappa shape index (κ1) is 10.7. The van der Waals surface area contributed by atoms with Crippen molar-refractivity contribution in [2.75, 3.05) is 0 Å². The summed E-state index contributed by atoms with van der Waals surface area (Å²) in [5.74, 6) is -0.785. The second-order valence-corrected chi connectivity index (χ2v) is 3.22. The average molecular weight is 235 g/mol. The van der Waals surface area contributed by atoms with E-state index in [4.69, 9.17) is 28.9 Å². The van der Waals surface area contributed by atoms with Crippen LogP contribution in [-0.2, 0) is 0 Å². The minimum atomic E-state index is -0.785. The van der Waals surface area contributed by atoms with Gasteiger partial charge in [0, 0.05) is 6.07 Å². The summed E-state index contributed by atoms with van der Waals surface area (Å²) in [5, 5.41) is 10.1. The zero-order valence-electron chi connectivity index (χ0n) is 6.66. The molecular weight excluding hydrogens is 231 g/mol. The maximum absolute atomic E-state index is 10.8. The van der Waals surface area contributed by atoms with Gasteiger partial charge in [-0.2, -0.15) is 0 Å². The average Bonchev–Trinajstić information content (AvgIpc) is 2.07. The fourth-order valence-electron chi connectivity index (χ4n) is 0.865. The van der Waals surface area contributed by atoms with Crippen LogP contribution in [0.25, 0.3) is 0 Å². The molecule has 74 valence electrons. The Hall–Kier alpha value is -1.33. The lowest BCUT2D eigenvalue weighted by atomic mass is 10.2. The first-order valence-electron chi connectivity index (χ1n) is 3.36. The summed E-state index contributed by atoms with van der Waals surface area (Å²) in [5.41, 5.74) is 4.56. The Morgan fingerprint density at radius 2 is 1.93 bits per heavy atom. The second-order valence-electron chi connectivity index (χ2n) is 2.40. The Kier molecular flexibility index (Phi) is 2.93. The molecule has 7 heteroatoms. The van der Waals surface area contributed by atoms with Crippen LogP contribution < -0.4 is 5.73 Å². The molecule has 2 N–H and O–H groups in total. The van der Waals surface area contributed by atoms with Gasteiger partial charge in [0.15, 0.2) is 0 Å². The molecule has 0 radical (unpaired) electrons. The lowest BCUT2D eigenvalue weighted by Crippen LogP contribution is -2.11. The summed E-state index contributed by atoms with van der Waals surface area (Å²) in [6.07, 6.45) is 0. The molecular formula is C7H4Cl2N2O3. The van der Waals surface area contributed by atoms with Gasteiger partial charge >= 0.3 is 0 Å². The van der Waals surface area contributed by atoms with Gasteiger partial charge in [0.25, 0.3) is 5.69 Å². The summed E-state index contributed by atoms with van der Waals surface area (Å²) in [7, 11) is 0. The molecule has 5 nitrogen and oxygen atoms in total. The number of nitrogens with zero attached hydrogens (tertiary/aromatic N) is 1. The SMILES string of the molecule is NC(=O)c1cc(Cl)c([N+](=O)[O-])cc1Cl. The molecule has 1 rings (SSSR count). The third kappa shape index (κ3) is 1.94. The number of rotatable bonds is 2. The van der Waals surface area contributed by atoms with Crippen LogP contribution in [0.2, 0.25) is 10.0 Å². The number of primary amides is 1. The zero-order valence-corrected chi connectivity index (χ0v) is 8.17. The molecule has 0 aliphatic rings. The van der Waals surface area contributed by atoms with Crippen molar-refractivity contribution in [1.82, 2.24) is 0 Å². The number of benzene rings is 1. The third-order valence-electron chi connectivity index (χ3n) is 1.50. The van der Waals surface area contributed by atoms with Crippen molar-refractivity contribution in [1.29, 1.82) is 0 Å². The molecule has 0 unspecified atom stereocenters. The van der Waals surface area contributed by atoms with E-state index in [9.17, 15) is 14.9 Å². The van der Waals surface area contributed by atoms with Gasteiger partial charge in [-0.1, -0.05) is 23.2 Å². The summed E-state index contributed by atoms with van der Waals surface area (Å²) >= 11 is 11.1. The zero-order chi connectivity index (χ0) is 10.9. The van der Waals surface area contributed by atoms with E-state index in [1.807, 2.05) is 0 Å². The minimum absolute atomic E-state index is 0.0396. The fourth-order valence-corrected chi connectivity index (χ4v) is 1.35. The molecule has 1 amide bonds. The van der Waals surface area contributed by atoms with Crippen molar-refractivity contribution >= 4 is 34.8 Å².